The number of hydrogen-bond donors (Lipinski definition) is 2. The van der Waals surface area contributed by atoms with Crippen LogP contribution in [0.15, 0.2) is 12.1 Å². The predicted molar refractivity (Wildman–Crippen MR) is 65.9 cm³/mol. The van der Waals surface area contributed by atoms with Gasteiger partial charge in [-0.2, -0.15) is 0 Å². The van der Waals surface area contributed by atoms with Gasteiger partial charge in [-0.25, -0.2) is 4.39 Å². The predicted octanol–water partition coefficient (Wildman–Crippen LogP) is 2.00. The van der Waals surface area contributed by atoms with Crippen LogP contribution in [0.1, 0.15) is 18.4 Å². The van der Waals surface area contributed by atoms with Crippen molar-refractivity contribution in [1.82, 2.24) is 5.32 Å². The second kappa shape index (κ2) is 4.94. The third-order valence-corrected chi connectivity index (χ3v) is 3.13. The van der Waals surface area contributed by atoms with E-state index in [9.17, 15) is 14.0 Å². The summed E-state index contributed by atoms with van der Waals surface area (Å²) in [4.78, 5) is 22.5. The van der Waals surface area contributed by atoms with Crippen molar-refractivity contribution in [3.63, 3.8) is 0 Å². The van der Waals surface area contributed by atoms with Crippen molar-refractivity contribution in [1.29, 1.82) is 0 Å². The Hall–Kier alpha value is -1.62. The lowest BCUT2D eigenvalue weighted by Gasteiger charge is -2.23. The van der Waals surface area contributed by atoms with E-state index in [2.05, 4.69) is 10.6 Å². The molecule has 18 heavy (non-hydrogen) atoms. The Morgan fingerprint density at radius 3 is 2.83 bits per heavy atom. The first-order chi connectivity index (χ1) is 8.47. The number of amides is 2. The van der Waals surface area contributed by atoms with Gasteiger partial charge in [-0.1, -0.05) is 11.6 Å². The van der Waals surface area contributed by atoms with Crippen molar-refractivity contribution in [2.24, 2.45) is 0 Å². The van der Waals surface area contributed by atoms with Gasteiger partial charge in [-0.3, -0.25) is 14.9 Å². The maximum atomic E-state index is 13.4. The van der Waals surface area contributed by atoms with E-state index in [4.69, 9.17) is 11.6 Å². The summed E-state index contributed by atoms with van der Waals surface area (Å²) in [7, 11) is 0. The molecule has 1 heterocycles. The number of aryl methyl sites for hydroxylation is 1. The highest BCUT2D eigenvalue weighted by Crippen LogP contribution is 2.26. The first-order valence-electron chi connectivity index (χ1n) is 5.53. The smallest absolute Gasteiger partial charge is 0.249 e. The van der Waals surface area contributed by atoms with Gasteiger partial charge in [0.25, 0.3) is 0 Å². The van der Waals surface area contributed by atoms with Crippen molar-refractivity contribution in [2.45, 2.75) is 25.8 Å². The number of carbonyl (C=O) groups excluding carboxylic acids is 2. The Balaban J connectivity index is 2.17. The number of imide groups is 1. The number of carbonyl (C=O) groups is 2. The standard InChI is InChI=1S/C12H12ClFN2O2/c1-6-4-7(13)10(5-8(6)14)15-9-2-3-11(17)16-12(9)18/h4-5,9,15H,2-3H2,1H3,(H,16,17,18). The van der Waals surface area contributed by atoms with Gasteiger partial charge in [-0.15, -0.1) is 0 Å². The van der Waals surface area contributed by atoms with Crippen LogP contribution in [-0.4, -0.2) is 17.9 Å². The van der Waals surface area contributed by atoms with Gasteiger partial charge in [-0.05, 0) is 31.0 Å². The molecule has 1 aliphatic heterocycles. The van der Waals surface area contributed by atoms with Crippen molar-refractivity contribution < 1.29 is 14.0 Å². The van der Waals surface area contributed by atoms with Gasteiger partial charge in [0.15, 0.2) is 0 Å². The molecule has 0 saturated carbocycles. The molecule has 0 aliphatic carbocycles. The van der Waals surface area contributed by atoms with E-state index in [0.29, 0.717) is 22.7 Å². The molecule has 0 radical (unpaired) electrons. The Morgan fingerprint density at radius 1 is 1.44 bits per heavy atom. The van der Waals surface area contributed by atoms with E-state index in [0.717, 1.165) is 0 Å². The molecule has 0 bridgehead atoms. The summed E-state index contributed by atoms with van der Waals surface area (Å²) in [6.07, 6.45) is 0.631. The summed E-state index contributed by atoms with van der Waals surface area (Å²) < 4.78 is 13.4. The topological polar surface area (TPSA) is 58.2 Å². The molecule has 1 saturated heterocycles. The second-order valence-corrected chi connectivity index (χ2v) is 4.64. The van der Waals surface area contributed by atoms with E-state index in [1.54, 1.807) is 6.92 Å². The first kappa shape index (κ1) is 12.8. The van der Waals surface area contributed by atoms with Gasteiger partial charge < -0.3 is 5.32 Å². The minimum atomic E-state index is -0.567. The maximum Gasteiger partial charge on any atom is 0.249 e. The lowest BCUT2D eigenvalue weighted by Crippen LogP contribution is -2.47. The van der Waals surface area contributed by atoms with Crippen LogP contribution in [0.4, 0.5) is 10.1 Å². The number of halogens is 2. The number of nitrogens with one attached hydrogen (secondary N) is 2. The van der Waals surface area contributed by atoms with Crippen LogP contribution in [0.5, 0.6) is 0 Å². The molecular weight excluding hydrogens is 259 g/mol. The number of rotatable bonds is 2. The third kappa shape index (κ3) is 2.61. The highest BCUT2D eigenvalue weighted by molar-refractivity contribution is 6.33. The SMILES string of the molecule is Cc1cc(Cl)c(NC2CCC(=O)NC2=O)cc1F. The summed E-state index contributed by atoms with van der Waals surface area (Å²) in [5, 5.41) is 5.42. The molecule has 2 amide bonds. The maximum absolute atomic E-state index is 13.4. The van der Waals surface area contributed by atoms with Gasteiger partial charge in [0, 0.05) is 6.42 Å². The van der Waals surface area contributed by atoms with Crippen LogP contribution in [0.2, 0.25) is 5.02 Å². The number of piperidine rings is 1. The Kier molecular flexibility index (Phi) is 3.52. The molecule has 2 rings (SSSR count). The van der Waals surface area contributed by atoms with Crippen LogP contribution < -0.4 is 10.6 Å². The summed E-state index contributed by atoms with van der Waals surface area (Å²) in [5.41, 5.74) is 0.795. The van der Waals surface area contributed by atoms with Gasteiger partial charge in [0.05, 0.1) is 10.7 Å². The summed E-state index contributed by atoms with van der Waals surface area (Å²) in [6.45, 7) is 1.61. The molecule has 1 aromatic rings. The fourth-order valence-electron chi connectivity index (χ4n) is 1.78. The van der Waals surface area contributed by atoms with Crippen molar-refractivity contribution in [3.05, 3.63) is 28.5 Å². The van der Waals surface area contributed by atoms with Gasteiger partial charge >= 0.3 is 0 Å². The first-order valence-corrected chi connectivity index (χ1v) is 5.91. The molecular formula is C12H12ClFN2O2. The van der Waals surface area contributed by atoms with Gasteiger partial charge in [0.2, 0.25) is 11.8 Å². The lowest BCUT2D eigenvalue weighted by atomic mass is 10.1. The molecule has 4 nitrogen and oxygen atoms in total. The van der Waals surface area contributed by atoms with Crippen LogP contribution >= 0.6 is 11.6 Å². The molecule has 6 heteroatoms. The normalized spacial score (nSPS) is 19.6. The largest absolute Gasteiger partial charge is 0.372 e. The molecule has 1 aromatic carbocycles. The highest BCUT2D eigenvalue weighted by atomic mass is 35.5. The molecule has 1 aliphatic rings. The van der Waals surface area contributed by atoms with Crippen molar-refractivity contribution >= 4 is 29.1 Å². The van der Waals surface area contributed by atoms with E-state index in [-0.39, 0.29) is 12.3 Å². The molecule has 0 spiro atoms. The van der Waals surface area contributed by atoms with Crippen molar-refractivity contribution in [2.75, 3.05) is 5.32 Å². The number of benzene rings is 1. The molecule has 1 atom stereocenters. The molecule has 1 fully saturated rings. The van der Waals surface area contributed by atoms with Crippen LogP contribution in [0, 0.1) is 12.7 Å². The van der Waals surface area contributed by atoms with Crippen LogP contribution in [0.25, 0.3) is 0 Å². The second-order valence-electron chi connectivity index (χ2n) is 4.23. The molecule has 96 valence electrons. The Labute approximate surface area is 109 Å². The zero-order valence-electron chi connectivity index (χ0n) is 9.72. The zero-order chi connectivity index (χ0) is 13.3. The fraction of sp³-hybridized carbons (Fsp3) is 0.333. The monoisotopic (exact) mass is 270 g/mol. The number of hydrogen-bond acceptors (Lipinski definition) is 3. The lowest BCUT2D eigenvalue weighted by molar-refractivity contribution is -0.133. The van der Waals surface area contributed by atoms with Crippen LogP contribution in [-0.2, 0) is 9.59 Å². The average molecular weight is 271 g/mol. The highest BCUT2D eigenvalue weighted by Gasteiger charge is 2.26. The number of anilines is 1. The summed E-state index contributed by atoms with van der Waals surface area (Å²) >= 11 is 5.97. The molecule has 2 N–H and O–H groups in total. The van der Waals surface area contributed by atoms with E-state index in [1.807, 2.05) is 0 Å². The average Bonchev–Trinajstić information content (AvgIpc) is 2.29. The zero-order valence-corrected chi connectivity index (χ0v) is 10.5. The van der Waals surface area contributed by atoms with Crippen LogP contribution in [0.3, 0.4) is 0 Å². The molecule has 0 aromatic heterocycles. The Morgan fingerprint density at radius 2 is 2.17 bits per heavy atom. The van der Waals surface area contributed by atoms with E-state index in [1.165, 1.54) is 12.1 Å². The van der Waals surface area contributed by atoms with Crippen molar-refractivity contribution in [3.8, 4) is 0 Å². The summed E-state index contributed by atoms with van der Waals surface area (Å²) in [6, 6.07) is 2.18. The quantitative estimate of drug-likeness (QED) is 0.808. The Bertz CT molecular complexity index is 519. The van der Waals surface area contributed by atoms with E-state index >= 15 is 0 Å². The minimum absolute atomic E-state index is 0.259. The fourth-order valence-corrected chi connectivity index (χ4v) is 2.05. The van der Waals surface area contributed by atoms with E-state index < -0.39 is 17.8 Å². The van der Waals surface area contributed by atoms with Gasteiger partial charge in [0.1, 0.15) is 11.9 Å². The minimum Gasteiger partial charge on any atom is -0.372 e. The molecule has 1 unspecified atom stereocenters. The summed E-state index contributed by atoms with van der Waals surface area (Å²) in [5.74, 6) is -1.10. The third-order valence-electron chi connectivity index (χ3n) is 2.82.